The average Bonchev–Trinajstić information content (AvgIpc) is 3.29. The van der Waals surface area contributed by atoms with Gasteiger partial charge in [0.15, 0.2) is 0 Å². The zero-order valence-electron chi connectivity index (χ0n) is 22.8. The Balaban J connectivity index is 2.02. The molecular formula is C27H34F6N4O3. The lowest BCUT2D eigenvalue weighted by Crippen LogP contribution is -2.42. The lowest BCUT2D eigenvalue weighted by atomic mass is 10.0. The molecule has 0 radical (unpaired) electrons. The molecule has 2 atom stereocenters. The minimum Gasteiger partial charge on any atom is -0.444 e. The maximum atomic E-state index is 13.5. The van der Waals surface area contributed by atoms with Crippen molar-refractivity contribution in [3.8, 4) is 0 Å². The number of aromatic nitrogens is 2. The van der Waals surface area contributed by atoms with E-state index in [1.165, 1.54) is 17.3 Å². The van der Waals surface area contributed by atoms with Crippen molar-refractivity contribution in [3.63, 3.8) is 0 Å². The second-order valence-electron chi connectivity index (χ2n) is 10.8. The van der Waals surface area contributed by atoms with Crippen LogP contribution >= 0.6 is 0 Å². The number of halogens is 6. The van der Waals surface area contributed by atoms with E-state index in [0.717, 1.165) is 0 Å². The summed E-state index contributed by atoms with van der Waals surface area (Å²) in [4.78, 5) is 24.7. The Kier molecular flexibility index (Phi) is 9.58. The molecule has 0 aliphatic carbocycles. The topological polar surface area (TPSA) is 78.8 Å². The summed E-state index contributed by atoms with van der Waals surface area (Å²) in [5.74, 6) is 0.101. The number of aliphatic hydroxyl groups excluding tert-OH is 1. The lowest BCUT2D eigenvalue weighted by Gasteiger charge is -2.30. The molecule has 222 valence electrons. The van der Waals surface area contributed by atoms with E-state index in [-0.39, 0.29) is 43.3 Å². The number of hydrogen-bond acceptors (Lipinski definition) is 6. The van der Waals surface area contributed by atoms with E-state index in [0.29, 0.717) is 43.4 Å². The van der Waals surface area contributed by atoms with Crippen LogP contribution in [-0.2, 0) is 30.1 Å². The third kappa shape index (κ3) is 8.21. The van der Waals surface area contributed by atoms with Crippen LogP contribution in [0, 0.1) is 0 Å². The number of carbonyl (C=O) groups excluding carboxylic acids is 1. The smallest absolute Gasteiger partial charge is 0.416 e. The SMILES string of the molecule is CCC1C[C@H](N(Cc2cc(C(F)(F)F)cc(C(F)(F)F)c2)c2ncc(CCCO)cn2)CN1C(=O)OC(C)(C)C. The Morgan fingerprint density at radius 1 is 1.02 bits per heavy atom. The standard InChI is InChI=1S/C27H34F6N4O3/c1-5-21-12-22(16-37(21)24(39)40-25(2,3)4)36(23-34-13-17(14-35-23)7-6-8-38)15-18-9-19(26(28,29)30)11-20(10-18)27(31,32)33/h9-11,13-14,21-22,38H,5-8,12,15-16H2,1-4H3/t21?,22-/m0/s1. The molecule has 2 aromatic rings. The highest BCUT2D eigenvalue weighted by Gasteiger charge is 2.41. The summed E-state index contributed by atoms with van der Waals surface area (Å²) in [5.41, 5.74) is -3.09. The predicted molar refractivity (Wildman–Crippen MR) is 135 cm³/mol. The number of hydrogen-bond donors (Lipinski definition) is 1. The molecular weight excluding hydrogens is 542 g/mol. The first-order valence-electron chi connectivity index (χ1n) is 13.0. The van der Waals surface area contributed by atoms with Gasteiger partial charge in [-0.15, -0.1) is 0 Å². The molecule has 0 saturated carbocycles. The minimum atomic E-state index is -4.99. The Morgan fingerprint density at radius 2 is 1.60 bits per heavy atom. The van der Waals surface area contributed by atoms with Crippen molar-refractivity contribution >= 4 is 12.0 Å². The highest BCUT2D eigenvalue weighted by Crippen LogP contribution is 2.37. The van der Waals surface area contributed by atoms with Gasteiger partial charge in [-0.05, 0) is 75.8 Å². The van der Waals surface area contributed by atoms with Crippen molar-refractivity contribution < 1.29 is 41.0 Å². The van der Waals surface area contributed by atoms with Gasteiger partial charge in [0.2, 0.25) is 5.95 Å². The summed E-state index contributed by atoms with van der Waals surface area (Å²) in [6, 6.07) is 0.696. The number of alkyl halides is 6. The third-order valence-electron chi connectivity index (χ3n) is 6.50. The monoisotopic (exact) mass is 576 g/mol. The lowest BCUT2D eigenvalue weighted by molar-refractivity contribution is -0.143. The quantitative estimate of drug-likeness (QED) is 0.375. The highest BCUT2D eigenvalue weighted by atomic mass is 19.4. The number of carbonyl (C=O) groups is 1. The predicted octanol–water partition coefficient (Wildman–Crippen LogP) is 6.23. The van der Waals surface area contributed by atoms with E-state index >= 15 is 0 Å². The van der Waals surface area contributed by atoms with Crippen LogP contribution in [0.4, 0.5) is 37.1 Å². The zero-order chi connectivity index (χ0) is 29.9. The van der Waals surface area contributed by atoms with Crippen molar-refractivity contribution in [1.29, 1.82) is 0 Å². The molecule has 1 unspecified atom stereocenters. The Labute approximate surface area is 229 Å². The van der Waals surface area contributed by atoms with Crippen molar-refractivity contribution in [2.45, 2.75) is 90.0 Å². The molecule has 1 saturated heterocycles. The van der Waals surface area contributed by atoms with Gasteiger partial charge < -0.3 is 19.6 Å². The molecule has 0 spiro atoms. The molecule has 1 aliphatic heterocycles. The Bertz CT molecular complexity index is 1120. The van der Waals surface area contributed by atoms with Crippen LogP contribution in [0.15, 0.2) is 30.6 Å². The second-order valence-corrected chi connectivity index (χ2v) is 10.8. The highest BCUT2D eigenvalue weighted by molar-refractivity contribution is 5.69. The maximum Gasteiger partial charge on any atom is 0.416 e. The largest absolute Gasteiger partial charge is 0.444 e. The summed E-state index contributed by atoms with van der Waals surface area (Å²) in [7, 11) is 0. The number of rotatable bonds is 8. The number of benzene rings is 1. The molecule has 7 nitrogen and oxygen atoms in total. The van der Waals surface area contributed by atoms with E-state index in [1.807, 2.05) is 6.92 Å². The first-order valence-corrected chi connectivity index (χ1v) is 13.0. The van der Waals surface area contributed by atoms with Gasteiger partial charge in [0.05, 0.1) is 17.2 Å². The molecule has 2 heterocycles. The van der Waals surface area contributed by atoms with E-state index in [2.05, 4.69) is 9.97 Å². The summed E-state index contributed by atoms with van der Waals surface area (Å²) >= 11 is 0. The molecule has 0 bridgehead atoms. The number of aryl methyl sites for hydroxylation is 1. The number of nitrogens with zero attached hydrogens (tertiary/aromatic N) is 4. The summed E-state index contributed by atoms with van der Waals surface area (Å²) in [5, 5.41) is 9.07. The number of amides is 1. The van der Waals surface area contributed by atoms with E-state index in [4.69, 9.17) is 9.84 Å². The number of anilines is 1. The van der Waals surface area contributed by atoms with Crippen LogP contribution < -0.4 is 4.90 Å². The van der Waals surface area contributed by atoms with Crippen LogP contribution in [0.2, 0.25) is 0 Å². The van der Waals surface area contributed by atoms with Gasteiger partial charge in [0.1, 0.15) is 5.60 Å². The molecule has 1 N–H and O–H groups in total. The fourth-order valence-corrected chi connectivity index (χ4v) is 4.63. The van der Waals surface area contributed by atoms with Crippen LogP contribution in [0.5, 0.6) is 0 Å². The first-order chi connectivity index (χ1) is 18.5. The average molecular weight is 577 g/mol. The van der Waals surface area contributed by atoms with Crippen LogP contribution in [-0.4, -0.2) is 56.9 Å². The molecule has 1 aromatic carbocycles. The van der Waals surface area contributed by atoms with Crippen molar-refractivity contribution in [2.24, 2.45) is 0 Å². The summed E-state index contributed by atoms with van der Waals surface area (Å²) in [6.45, 7) is 6.78. The zero-order valence-corrected chi connectivity index (χ0v) is 22.8. The molecule has 1 aromatic heterocycles. The summed E-state index contributed by atoms with van der Waals surface area (Å²) in [6.07, 6.45) is -5.59. The van der Waals surface area contributed by atoms with Gasteiger partial charge in [-0.2, -0.15) is 26.3 Å². The number of ether oxygens (including phenoxy) is 1. The fraction of sp³-hybridized carbons (Fsp3) is 0.593. The van der Waals surface area contributed by atoms with Gasteiger partial charge in [-0.1, -0.05) is 6.92 Å². The van der Waals surface area contributed by atoms with Gasteiger partial charge in [-0.25, -0.2) is 14.8 Å². The fourth-order valence-electron chi connectivity index (χ4n) is 4.63. The van der Waals surface area contributed by atoms with Crippen LogP contribution in [0.1, 0.15) is 69.2 Å². The second kappa shape index (κ2) is 12.2. The first kappa shape index (κ1) is 31.4. The van der Waals surface area contributed by atoms with Gasteiger partial charge >= 0.3 is 18.4 Å². The number of aliphatic hydroxyl groups is 1. The van der Waals surface area contributed by atoms with E-state index in [1.54, 1.807) is 25.7 Å². The van der Waals surface area contributed by atoms with Gasteiger partial charge in [-0.3, -0.25) is 0 Å². The molecule has 3 rings (SSSR count). The van der Waals surface area contributed by atoms with E-state index < -0.39 is 41.2 Å². The summed E-state index contributed by atoms with van der Waals surface area (Å²) < 4.78 is 86.7. The Hall–Kier alpha value is -3.09. The maximum absolute atomic E-state index is 13.5. The van der Waals surface area contributed by atoms with E-state index in [9.17, 15) is 31.1 Å². The molecule has 1 amide bonds. The molecule has 13 heteroatoms. The molecule has 1 fully saturated rings. The molecule has 1 aliphatic rings. The Morgan fingerprint density at radius 3 is 2.08 bits per heavy atom. The third-order valence-corrected chi connectivity index (χ3v) is 6.50. The van der Waals surface area contributed by atoms with Gasteiger partial charge in [0.25, 0.3) is 0 Å². The number of likely N-dealkylation sites (tertiary alicyclic amines) is 1. The van der Waals surface area contributed by atoms with Gasteiger partial charge in [0, 0.05) is 38.1 Å². The minimum absolute atomic E-state index is 0.0358. The molecule has 40 heavy (non-hydrogen) atoms. The normalized spacial score (nSPS) is 18.2. The van der Waals surface area contributed by atoms with Crippen LogP contribution in [0.25, 0.3) is 0 Å². The van der Waals surface area contributed by atoms with Crippen molar-refractivity contribution in [1.82, 2.24) is 14.9 Å². The van der Waals surface area contributed by atoms with Crippen molar-refractivity contribution in [3.05, 3.63) is 52.8 Å². The van der Waals surface area contributed by atoms with Crippen LogP contribution in [0.3, 0.4) is 0 Å². The van der Waals surface area contributed by atoms with Crippen molar-refractivity contribution in [2.75, 3.05) is 18.1 Å².